The third-order valence-corrected chi connectivity index (χ3v) is 3.60. The van der Waals surface area contributed by atoms with Crippen LogP contribution in [0.15, 0.2) is 55.1 Å². The average Bonchev–Trinajstić information content (AvgIpc) is 3.12. The van der Waals surface area contributed by atoms with Crippen LogP contribution in [0.1, 0.15) is 18.5 Å². The van der Waals surface area contributed by atoms with Crippen LogP contribution in [-0.4, -0.2) is 20.8 Å². The molecule has 3 rings (SSSR count). The first-order valence-electron chi connectivity index (χ1n) is 7.50. The summed E-state index contributed by atoms with van der Waals surface area (Å²) in [7, 11) is 0. The Labute approximate surface area is 142 Å². The summed E-state index contributed by atoms with van der Waals surface area (Å²) in [6, 6.07) is 9.45. The monoisotopic (exact) mass is 343 g/mol. The van der Waals surface area contributed by atoms with E-state index >= 15 is 0 Å². The molecule has 8 heteroatoms. The average molecular weight is 343 g/mol. The van der Waals surface area contributed by atoms with Crippen molar-refractivity contribution in [3.63, 3.8) is 0 Å². The molecular weight excluding hydrogens is 328 g/mol. The first-order valence-corrected chi connectivity index (χ1v) is 7.50. The van der Waals surface area contributed by atoms with Gasteiger partial charge in [0, 0.05) is 6.07 Å². The molecule has 2 aromatic carbocycles. The van der Waals surface area contributed by atoms with E-state index in [2.05, 4.69) is 20.7 Å². The summed E-state index contributed by atoms with van der Waals surface area (Å²) in [6.45, 7) is 1.80. The van der Waals surface area contributed by atoms with Gasteiger partial charge < -0.3 is 10.6 Å². The third kappa shape index (κ3) is 3.97. The molecule has 0 fully saturated rings. The number of amides is 2. The molecule has 0 aliphatic carbocycles. The largest absolute Gasteiger partial charge is 0.331 e. The normalized spacial score (nSPS) is 11.8. The Bertz CT molecular complexity index is 865. The molecule has 1 atom stereocenters. The second-order valence-corrected chi connectivity index (χ2v) is 5.38. The quantitative estimate of drug-likeness (QED) is 0.762. The molecule has 2 N–H and O–H groups in total. The van der Waals surface area contributed by atoms with Gasteiger partial charge in [0.2, 0.25) is 0 Å². The molecule has 0 unspecified atom stereocenters. The number of halogens is 2. The van der Waals surface area contributed by atoms with E-state index < -0.39 is 17.7 Å². The maximum absolute atomic E-state index is 13.6. The van der Waals surface area contributed by atoms with Crippen molar-refractivity contribution >= 4 is 11.7 Å². The van der Waals surface area contributed by atoms with Crippen LogP contribution in [0, 0.1) is 11.6 Å². The van der Waals surface area contributed by atoms with E-state index in [4.69, 9.17) is 0 Å². The van der Waals surface area contributed by atoms with Gasteiger partial charge in [-0.05, 0) is 36.8 Å². The van der Waals surface area contributed by atoms with Gasteiger partial charge in [0.15, 0.2) is 0 Å². The lowest BCUT2D eigenvalue weighted by Crippen LogP contribution is -2.31. The van der Waals surface area contributed by atoms with Gasteiger partial charge in [-0.3, -0.25) is 0 Å². The second-order valence-electron chi connectivity index (χ2n) is 5.38. The van der Waals surface area contributed by atoms with Crippen LogP contribution in [0.2, 0.25) is 0 Å². The fourth-order valence-electron chi connectivity index (χ4n) is 2.29. The van der Waals surface area contributed by atoms with Crippen molar-refractivity contribution in [1.29, 1.82) is 0 Å². The summed E-state index contributed by atoms with van der Waals surface area (Å²) >= 11 is 0. The Balaban J connectivity index is 1.63. The smallest absolute Gasteiger partial charge is 0.319 e. The van der Waals surface area contributed by atoms with Crippen LogP contribution in [0.25, 0.3) is 5.69 Å². The number of hydrogen-bond donors (Lipinski definition) is 2. The minimum atomic E-state index is -0.833. The molecular formula is C17H15F2N5O. The highest BCUT2D eigenvalue weighted by molar-refractivity contribution is 5.89. The number of nitrogens with zero attached hydrogens (tertiary/aromatic N) is 3. The summed E-state index contributed by atoms with van der Waals surface area (Å²) in [6.07, 6.45) is 3.03. The predicted octanol–water partition coefficient (Wildman–Crippen LogP) is 3.43. The Morgan fingerprint density at radius 2 is 1.92 bits per heavy atom. The van der Waals surface area contributed by atoms with E-state index in [-0.39, 0.29) is 11.7 Å². The van der Waals surface area contributed by atoms with Gasteiger partial charge in [-0.15, -0.1) is 0 Å². The molecule has 25 heavy (non-hydrogen) atoms. The van der Waals surface area contributed by atoms with Gasteiger partial charge >= 0.3 is 6.03 Å². The van der Waals surface area contributed by atoms with E-state index in [1.165, 1.54) is 12.4 Å². The first kappa shape index (κ1) is 16.6. The molecule has 1 aromatic heterocycles. The number of aromatic nitrogens is 3. The summed E-state index contributed by atoms with van der Waals surface area (Å²) < 4.78 is 28.0. The molecule has 0 spiro atoms. The van der Waals surface area contributed by atoms with E-state index in [0.717, 1.165) is 17.3 Å². The van der Waals surface area contributed by atoms with Crippen molar-refractivity contribution in [1.82, 2.24) is 20.1 Å². The highest BCUT2D eigenvalue weighted by atomic mass is 19.1. The number of carbonyl (C=O) groups is 1. The SMILES string of the molecule is C[C@@H](NC(=O)Nc1ccc(F)cc1F)c1ccc(-n2cncn2)cc1. The zero-order chi connectivity index (χ0) is 17.8. The van der Waals surface area contributed by atoms with Crippen LogP contribution in [-0.2, 0) is 0 Å². The minimum Gasteiger partial charge on any atom is -0.331 e. The Morgan fingerprint density at radius 3 is 2.56 bits per heavy atom. The summed E-state index contributed by atoms with van der Waals surface area (Å²) in [5.74, 6) is -1.54. The summed E-state index contributed by atoms with van der Waals surface area (Å²) in [5.41, 5.74) is 1.61. The topological polar surface area (TPSA) is 71.8 Å². The summed E-state index contributed by atoms with van der Waals surface area (Å²) in [4.78, 5) is 15.9. The molecule has 0 saturated heterocycles. The molecule has 6 nitrogen and oxygen atoms in total. The van der Waals surface area contributed by atoms with Gasteiger partial charge in [-0.25, -0.2) is 23.2 Å². The lowest BCUT2D eigenvalue weighted by atomic mass is 10.1. The zero-order valence-corrected chi connectivity index (χ0v) is 13.3. The molecule has 2 amide bonds. The van der Waals surface area contributed by atoms with Crippen molar-refractivity contribution in [2.24, 2.45) is 0 Å². The maximum atomic E-state index is 13.6. The Kier molecular flexibility index (Phi) is 4.69. The van der Waals surface area contributed by atoms with Gasteiger partial charge in [-0.1, -0.05) is 12.1 Å². The molecule has 3 aromatic rings. The van der Waals surface area contributed by atoms with E-state index in [1.807, 2.05) is 24.3 Å². The lowest BCUT2D eigenvalue weighted by Gasteiger charge is -2.16. The molecule has 128 valence electrons. The Hall–Kier alpha value is -3.29. The van der Waals surface area contributed by atoms with Crippen LogP contribution in [0.3, 0.4) is 0 Å². The standard InChI is InChI=1S/C17H15F2N5O/c1-11(12-2-5-14(6-3-12)24-10-20-9-21-24)22-17(25)23-16-7-4-13(18)8-15(16)19/h2-11H,1H3,(H2,22,23,25)/t11-/m1/s1. The minimum absolute atomic E-state index is 0.0902. The number of hydrogen-bond acceptors (Lipinski definition) is 3. The number of carbonyl (C=O) groups excluding carboxylic acids is 1. The van der Waals surface area contributed by atoms with Gasteiger partial charge in [0.05, 0.1) is 17.4 Å². The number of rotatable bonds is 4. The first-order chi connectivity index (χ1) is 12.0. The van der Waals surface area contributed by atoms with Crippen molar-refractivity contribution in [2.75, 3.05) is 5.32 Å². The number of benzene rings is 2. The number of anilines is 1. The van der Waals surface area contributed by atoms with Crippen LogP contribution < -0.4 is 10.6 Å². The van der Waals surface area contributed by atoms with Crippen LogP contribution in [0.4, 0.5) is 19.3 Å². The van der Waals surface area contributed by atoms with E-state index in [1.54, 1.807) is 17.9 Å². The molecule has 0 aliphatic rings. The van der Waals surface area contributed by atoms with Crippen molar-refractivity contribution < 1.29 is 13.6 Å². The van der Waals surface area contributed by atoms with Crippen molar-refractivity contribution in [3.05, 3.63) is 72.3 Å². The highest BCUT2D eigenvalue weighted by Gasteiger charge is 2.12. The van der Waals surface area contributed by atoms with E-state index in [0.29, 0.717) is 6.07 Å². The van der Waals surface area contributed by atoms with Crippen LogP contribution >= 0.6 is 0 Å². The van der Waals surface area contributed by atoms with Crippen LogP contribution in [0.5, 0.6) is 0 Å². The third-order valence-electron chi connectivity index (χ3n) is 3.60. The van der Waals surface area contributed by atoms with Gasteiger partial charge in [0.1, 0.15) is 24.3 Å². The number of urea groups is 1. The molecule has 1 heterocycles. The maximum Gasteiger partial charge on any atom is 0.319 e. The predicted molar refractivity (Wildman–Crippen MR) is 88.3 cm³/mol. The zero-order valence-electron chi connectivity index (χ0n) is 13.3. The molecule has 0 radical (unpaired) electrons. The highest BCUT2D eigenvalue weighted by Crippen LogP contribution is 2.17. The fourth-order valence-corrected chi connectivity index (χ4v) is 2.29. The fraction of sp³-hybridized carbons (Fsp3) is 0.118. The van der Waals surface area contributed by atoms with Crippen molar-refractivity contribution in [3.8, 4) is 5.69 Å². The lowest BCUT2D eigenvalue weighted by molar-refractivity contribution is 0.249. The summed E-state index contributed by atoms with van der Waals surface area (Å²) in [5, 5.41) is 9.09. The Morgan fingerprint density at radius 1 is 1.16 bits per heavy atom. The van der Waals surface area contributed by atoms with E-state index in [9.17, 15) is 13.6 Å². The number of nitrogens with one attached hydrogen (secondary N) is 2. The van der Waals surface area contributed by atoms with Gasteiger partial charge in [0.25, 0.3) is 0 Å². The van der Waals surface area contributed by atoms with Crippen molar-refractivity contribution in [2.45, 2.75) is 13.0 Å². The molecule has 0 bridgehead atoms. The molecule has 0 saturated carbocycles. The second kappa shape index (κ2) is 7.08. The molecule has 0 aliphatic heterocycles. The van der Waals surface area contributed by atoms with Gasteiger partial charge in [-0.2, -0.15) is 5.10 Å².